The number of rotatable bonds is 6. The standard InChI is InChI=1S/C23H22ClFN6S/c1-15-22(16(2)31(29-15)13-18-7-3-4-9-21(18)25)28-23(32)27-20-11-26-30(14-20)12-17-6-5-8-19(24)10-17/h3-11,14H,12-13H2,1-2H3,(H2,27,28,32). The number of hydrogen-bond acceptors (Lipinski definition) is 3. The van der Waals surface area contributed by atoms with E-state index in [-0.39, 0.29) is 5.82 Å². The predicted molar refractivity (Wildman–Crippen MR) is 130 cm³/mol. The van der Waals surface area contributed by atoms with E-state index in [1.165, 1.54) is 6.07 Å². The van der Waals surface area contributed by atoms with Crippen molar-refractivity contribution in [1.82, 2.24) is 19.6 Å². The average Bonchev–Trinajstić information content (AvgIpc) is 3.28. The zero-order chi connectivity index (χ0) is 22.7. The van der Waals surface area contributed by atoms with Gasteiger partial charge in [0, 0.05) is 16.8 Å². The highest BCUT2D eigenvalue weighted by molar-refractivity contribution is 7.80. The van der Waals surface area contributed by atoms with E-state index in [1.807, 2.05) is 50.4 Å². The molecule has 2 aromatic carbocycles. The van der Waals surface area contributed by atoms with Crippen LogP contribution in [0.3, 0.4) is 0 Å². The first-order valence-electron chi connectivity index (χ1n) is 10.0. The molecule has 0 radical (unpaired) electrons. The van der Waals surface area contributed by atoms with Crippen molar-refractivity contribution >= 4 is 40.3 Å². The highest BCUT2D eigenvalue weighted by Crippen LogP contribution is 2.22. The first kappa shape index (κ1) is 22.0. The molecule has 0 atom stereocenters. The summed E-state index contributed by atoms with van der Waals surface area (Å²) in [6.07, 6.45) is 3.58. The molecule has 0 aliphatic rings. The van der Waals surface area contributed by atoms with Gasteiger partial charge in [0.1, 0.15) is 5.82 Å². The van der Waals surface area contributed by atoms with Gasteiger partial charge in [0.25, 0.3) is 0 Å². The Morgan fingerprint density at radius 3 is 2.69 bits per heavy atom. The van der Waals surface area contributed by atoms with E-state index in [2.05, 4.69) is 20.8 Å². The van der Waals surface area contributed by atoms with Crippen molar-refractivity contribution in [2.24, 2.45) is 0 Å². The Morgan fingerprint density at radius 2 is 1.91 bits per heavy atom. The summed E-state index contributed by atoms with van der Waals surface area (Å²) in [5.74, 6) is -0.249. The van der Waals surface area contributed by atoms with Crippen molar-refractivity contribution < 1.29 is 4.39 Å². The number of nitrogens with one attached hydrogen (secondary N) is 2. The van der Waals surface area contributed by atoms with Gasteiger partial charge < -0.3 is 10.6 Å². The summed E-state index contributed by atoms with van der Waals surface area (Å²) in [6, 6.07) is 14.4. The first-order chi connectivity index (χ1) is 15.4. The van der Waals surface area contributed by atoms with Gasteiger partial charge in [-0.25, -0.2) is 4.39 Å². The fourth-order valence-corrected chi connectivity index (χ4v) is 3.87. The van der Waals surface area contributed by atoms with Crippen LogP contribution < -0.4 is 10.6 Å². The molecule has 2 heterocycles. The lowest BCUT2D eigenvalue weighted by Gasteiger charge is -2.10. The Bertz CT molecular complexity index is 1270. The number of aromatic nitrogens is 4. The van der Waals surface area contributed by atoms with Gasteiger partial charge in [-0.2, -0.15) is 10.2 Å². The number of anilines is 2. The van der Waals surface area contributed by atoms with E-state index in [4.69, 9.17) is 23.8 Å². The van der Waals surface area contributed by atoms with Gasteiger partial charge in [0.15, 0.2) is 5.11 Å². The van der Waals surface area contributed by atoms with Crippen LogP contribution in [-0.2, 0) is 13.1 Å². The molecule has 0 amide bonds. The van der Waals surface area contributed by atoms with E-state index in [0.717, 1.165) is 28.3 Å². The molecular formula is C23H22ClFN6S. The summed E-state index contributed by atoms with van der Waals surface area (Å²) in [4.78, 5) is 0. The molecule has 4 rings (SSSR count). The molecule has 0 saturated carbocycles. The van der Waals surface area contributed by atoms with Crippen LogP contribution in [0.2, 0.25) is 5.02 Å². The van der Waals surface area contributed by atoms with E-state index < -0.39 is 0 Å². The van der Waals surface area contributed by atoms with Crippen molar-refractivity contribution in [3.8, 4) is 0 Å². The van der Waals surface area contributed by atoms with Crippen molar-refractivity contribution in [3.63, 3.8) is 0 Å². The minimum atomic E-state index is -0.249. The normalized spacial score (nSPS) is 10.9. The highest BCUT2D eigenvalue weighted by Gasteiger charge is 2.14. The number of nitrogens with zero attached hydrogens (tertiary/aromatic N) is 4. The zero-order valence-corrected chi connectivity index (χ0v) is 19.2. The van der Waals surface area contributed by atoms with Crippen LogP contribution in [0.4, 0.5) is 15.8 Å². The molecule has 0 spiro atoms. The number of thiocarbonyl (C=S) groups is 1. The van der Waals surface area contributed by atoms with Crippen molar-refractivity contribution in [1.29, 1.82) is 0 Å². The maximum absolute atomic E-state index is 14.0. The molecule has 9 heteroatoms. The summed E-state index contributed by atoms with van der Waals surface area (Å²) in [7, 11) is 0. The maximum Gasteiger partial charge on any atom is 0.175 e. The molecule has 0 bridgehead atoms. The molecule has 0 aliphatic carbocycles. The van der Waals surface area contributed by atoms with E-state index in [1.54, 1.807) is 27.7 Å². The van der Waals surface area contributed by atoms with E-state index in [9.17, 15) is 4.39 Å². The second kappa shape index (κ2) is 9.50. The second-order valence-corrected chi connectivity index (χ2v) is 8.28. The SMILES string of the molecule is Cc1nn(Cc2ccccc2F)c(C)c1NC(=S)Nc1cnn(Cc2cccc(Cl)c2)c1. The van der Waals surface area contributed by atoms with Gasteiger partial charge in [0.2, 0.25) is 0 Å². The molecule has 2 aromatic heterocycles. The van der Waals surface area contributed by atoms with Crippen molar-refractivity contribution in [2.45, 2.75) is 26.9 Å². The fraction of sp³-hybridized carbons (Fsp3) is 0.174. The topological polar surface area (TPSA) is 59.7 Å². The first-order valence-corrected chi connectivity index (χ1v) is 10.8. The van der Waals surface area contributed by atoms with Crippen LogP contribution in [0.5, 0.6) is 0 Å². The minimum Gasteiger partial charge on any atom is -0.330 e. The van der Waals surface area contributed by atoms with Gasteiger partial charge in [0.05, 0.1) is 42.0 Å². The lowest BCUT2D eigenvalue weighted by Crippen LogP contribution is -2.19. The molecule has 6 nitrogen and oxygen atoms in total. The Kier molecular flexibility index (Phi) is 6.53. The third-order valence-electron chi connectivity index (χ3n) is 5.02. The molecule has 0 unspecified atom stereocenters. The number of hydrogen-bond donors (Lipinski definition) is 2. The van der Waals surface area contributed by atoms with Crippen molar-refractivity contribution in [2.75, 3.05) is 10.6 Å². The van der Waals surface area contributed by atoms with Gasteiger partial charge in [-0.05, 0) is 49.8 Å². The van der Waals surface area contributed by atoms with Gasteiger partial charge in [-0.3, -0.25) is 9.36 Å². The molecule has 0 aliphatic heterocycles. The summed E-state index contributed by atoms with van der Waals surface area (Å²) in [5.41, 5.74) is 4.84. The van der Waals surface area contributed by atoms with Gasteiger partial charge in [-0.1, -0.05) is 41.9 Å². The zero-order valence-electron chi connectivity index (χ0n) is 17.6. The molecule has 32 heavy (non-hydrogen) atoms. The largest absolute Gasteiger partial charge is 0.330 e. The van der Waals surface area contributed by atoms with Crippen LogP contribution in [0, 0.1) is 19.7 Å². The van der Waals surface area contributed by atoms with Crippen LogP contribution in [0.25, 0.3) is 0 Å². The van der Waals surface area contributed by atoms with Gasteiger partial charge >= 0.3 is 0 Å². The fourth-order valence-electron chi connectivity index (χ4n) is 3.43. The summed E-state index contributed by atoms with van der Waals surface area (Å²) in [6.45, 7) is 4.76. The molecular weight excluding hydrogens is 447 g/mol. The molecule has 0 fully saturated rings. The van der Waals surface area contributed by atoms with Crippen LogP contribution >= 0.6 is 23.8 Å². The smallest absolute Gasteiger partial charge is 0.175 e. The summed E-state index contributed by atoms with van der Waals surface area (Å²) < 4.78 is 17.6. The monoisotopic (exact) mass is 468 g/mol. The Morgan fingerprint density at radius 1 is 1.09 bits per heavy atom. The highest BCUT2D eigenvalue weighted by atomic mass is 35.5. The van der Waals surface area contributed by atoms with E-state index in [0.29, 0.717) is 28.8 Å². The lowest BCUT2D eigenvalue weighted by molar-refractivity contribution is 0.579. The Labute approximate surface area is 196 Å². The van der Waals surface area contributed by atoms with Crippen molar-refractivity contribution in [3.05, 3.63) is 94.3 Å². The van der Waals surface area contributed by atoms with Crippen LogP contribution in [0.1, 0.15) is 22.5 Å². The second-order valence-electron chi connectivity index (χ2n) is 7.43. The van der Waals surface area contributed by atoms with E-state index >= 15 is 0 Å². The van der Waals surface area contributed by atoms with Crippen LogP contribution in [0.15, 0.2) is 60.9 Å². The number of halogens is 2. The molecule has 0 saturated heterocycles. The van der Waals surface area contributed by atoms with Crippen LogP contribution in [-0.4, -0.2) is 24.7 Å². The molecule has 2 N–H and O–H groups in total. The Balaban J connectivity index is 1.41. The Hall–Kier alpha value is -3.23. The predicted octanol–water partition coefficient (Wildman–Crippen LogP) is 5.39. The third kappa shape index (κ3) is 5.15. The number of aryl methyl sites for hydroxylation is 1. The minimum absolute atomic E-state index is 0.249. The lowest BCUT2D eigenvalue weighted by atomic mass is 10.2. The molecule has 4 aromatic rings. The van der Waals surface area contributed by atoms with Gasteiger partial charge in [-0.15, -0.1) is 0 Å². The average molecular weight is 469 g/mol. The number of benzene rings is 2. The third-order valence-corrected chi connectivity index (χ3v) is 5.46. The maximum atomic E-state index is 14.0. The quantitative estimate of drug-likeness (QED) is 0.371. The summed E-state index contributed by atoms with van der Waals surface area (Å²) >= 11 is 11.5. The molecule has 164 valence electrons. The summed E-state index contributed by atoms with van der Waals surface area (Å²) in [5, 5.41) is 16.4.